The Balaban J connectivity index is 2.47. The van der Waals surface area contributed by atoms with Crippen LogP contribution in [0.2, 0.25) is 0 Å². The van der Waals surface area contributed by atoms with Gasteiger partial charge in [-0.05, 0) is 6.07 Å². The third kappa shape index (κ3) is 3.22. The van der Waals surface area contributed by atoms with Crippen LogP contribution in [0.4, 0.5) is 13.2 Å². The van der Waals surface area contributed by atoms with E-state index in [2.05, 4.69) is 5.32 Å². The molecule has 0 amide bonds. The van der Waals surface area contributed by atoms with Crippen molar-refractivity contribution in [2.75, 3.05) is 32.8 Å². The summed E-state index contributed by atoms with van der Waals surface area (Å²) in [6.45, 7) is 6.20. The molecule has 1 heterocycles. The average molecular weight is 302 g/mol. The van der Waals surface area contributed by atoms with E-state index in [1.54, 1.807) is 13.8 Å². The maximum Gasteiger partial charge on any atom is 0.194 e. The molecule has 1 aliphatic heterocycles. The fourth-order valence-corrected chi connectivity index (χ4v) is 2.89. The molecule has 0 saturated carbocycles. The van der Waals surface area contributed by atoms with Gasteiger partial charge in [-0.1, -0.05) is 19.9 Å². The minimum Gasteiger partial charge on any atom is -0.396 e. The zero-order valence-corrected chi connectivity index (χ0v) is 12.3. The molecule has 21 heavy (non-hydrogen) atoms. The molecule has 0 aliphatic carbocycles. The number of piperazine rings is 1. The summed E-state index contributed by atoms with van der Waals surface area (Å²) in [5.74, 6) is -3.82. The van der Waals surface area contributed by atoms with Crippen molar-refractivity contribution >= 4 is 0 Å². The van der Waals surface area contributed by atoms with E-state index in [1.807, 2.05) is 4.90 Å². The van der Waals surface area contributed by atoms with Crippen LogP contribution in [-0.4, -0.2) is 42.8 Å². The van der Waals surface area contributed by atoms with Crippen LogP contribution in [0.5, 0.6) is 0 Å². The van der Waals surface area contributed by atoms with E-state index in [-0.39, 0.29) is 12.2 Å². The number of hydrogen-bond acceptors (Lipinski definition) is 3. The minimum atomic E-state index is -1.46. The quantitative estimate of drug-likeness (QED) is 0.836. The van der Waals surface area contributed by atoms with Crippen LogP contribution in [0.3, 0.4) is 0 Å². The van der Waals surface area contributed by atoms with Crippen LogP contribution in [0.1, 0.15) is 25.5 Å². The molecule has 0 spiro atoms. The van der Waals surface area contributed by atoms with Gasteiger partial charge in [0.1, 0.15) is 0 Å². The van der Waals surface area contributed by atoms with Gasteiger partial charge in [-0.2, -0.15) is 0 Å². The molecule has 0 aromatic heterocycles. The fourth-order valence-electron chi connectivity index (χ4n) is 2.89. The molecule has 1 atom stereocenters. The van der Waals surface area contributed by atoms with E-state index in [9.17, 15) is 18.3 Å². The SMILES string of the molecule is CC(C)(CO)[C@H](c1ccc(F)c(F)c1F)N1CCNCC1. The molecule has 6 heteroatoms. The van der Waals surface area contributed by atoms with Gasteiger partial charge in [0.25, 0.3) is 0 Å². The number of benzene rings is 1. The van der Waals surface area contributed by atoms with E-state index < -0.39 is 28.9 Å². The predicted molar refractivity (Wildman–Crippen MR) is 74.4 cm³/mol. The summed E-state index contributed by atoms with van der Waals surface area (Å²) < 4.78 is 40.9. The van der Waals surface area contributed by atoms with Crippen LogP contribution in [-0.2, 0) is 0 Å². The highest BCUT2D eigenvalue weighted by Gasteiger charge is 2.38. The molecule has 1 aromatic rings. The van der Waals surface area contributed by atoms with Crippen molar-refractivity contribution in [3.63, 3.8) is 0 Å². The standard InChI is InChI=1S/C15H21F3N2O/c1-15(2,9-21)14(20-7-5-19-6-8-20)10-3-4-11(16)13(18)12(10)17/h3-4,14,19,21H,5-9H2,1-2H3/t14-/m0/s1. The summed E-state index contributed by atoms with van der Waals surface area (Å²) in [5.41, 5.74) is -0.586. The van der Waals surface area contributed by atoms with Crippen molar-refractivity contribution in [1.82, 2.24) is 10.2 Å². The Labute approximate surface area is 122 Å². The van der Waals surface area contributed by atoms with Gasteiger partial charge in [-0.15, -0.1) is 0 Å². The predicted octanol–water partition coefficient (Wildman–Crippen LogP) is 2.07. The van der Waals surface area contributed by atoms with Crippen LogP contribution in [0, 0.1) is 22.9 Å². The van der Waals surface area contributed by atoms with Gasteiger partial charge in [0, 0.05) is 49.8 Å². The summed E-state index contributed by atoms with van der Waals surface area (Å²) in [7, 11) is 0. The van der Waals surface area contributed by atoms with Crippen molar-refractivity contribution in [2.24, 2.45) is 5.41 Å². The lowest BCUT2D eigenvalue weighted by Gasteiger charge is -2.43. The second-order valence-electron chi connectivity index (χ2n) is 6.10. The van der Waals surface area contributed by atoms with E-state index in [4.69, 9.17) is 0 Å². The molecule has 2 rings (SSSR count). The number of halogens is 3. The molecule has 1 saturated heterocycles. The Kier molecular flexibility index (Phi) is 4.91. The summed E-state index contributed by atoms with van der Waals surface area (Å²) >= 11 is 0. The summed E-state index contributed by atoms with van der Waals surface area (Å²) in [6, 6.07) is 1.70. The maximum atomic E-state index is 14.2. The van der Waals surface area contributed by atoms with Crippen LogP contribution >= 0.6 is 0 Å². The Morgan fingerprint density at radius 1 is 1.19 bits per heavy atom. The molecule has 0 unspecified atom stereocenters. The molecule has 0 radical (unpaired) electrons. The van der Waals surface area contributed by atoms with Gasteiger partial charge in [-0.3, -0.25) is 4.90 Å². The number of rotatable bonds is 4. The number of aliphatic hydroxyl groups excluding tert-OH is 1. The first-order chi connectivity index (χ1) is 9.88. The largest absolute Gasteiger partial charge is 0.396 e. The highest BCUT2D eigenvalue weighted by molar-refractivity contribution is 5.26. The zero-order chi connectivity index (χ0) is 15.6. The van der Waals surface area contributed by atoms with Gasteiger partial charge in [0.05, 0.1) is 0 Å². The summed E-state index contributed by atoms with van der Waals surface area (Å²) in [5, 5.41) is 12.8. The normalized spacial score (nSPS) is 18.8. The van der Waals surface area contributed by atoms with Crippen LogP contribution in [0.15, 0.2) is 12.1 Å². The average Bonchev–Trinajstić information content (AvgIpc) is 2.48. The highest BCUT2D eigenvalue weighted by Crippen LogP contribution is 2.40. The number of aliphatic hydroxyl groups is 1. The lowest BCUT2D eigenvalue weighted by atomic mass is 9.79. The molecule has 1 aromatic carbocycles. The second kappa shape index (κ2) is 6.34. The molecule has 2 N–H and O–H groups in total. The molecule has 118 valence electrons. The van der Waals surface area contributed by atoms with Crippen molar-refractivity contribution in [1.29, 1.82) is 0 Å². The molecular formula is C15H21F3N2O. The zero-order valence-electron chi connectivity index (χ0n) is 12.3. The molecule has 3 nitrogen and oxygen atoms in total. The lowest BCUT2D eigenvalue weighted by Crippen LogP contribution is -2.49. The third-order valence-corrected chi connectivity index (χ3v) is 4.02. The molecular weight excluding hydrogens is 281 g/mol. The van der Waals surface area contributed by atoms with Gasteiger partial charge in [0.2, 0.25) is 0 Å². The van der Waals surface area contributed by atoms with Gasteiger partial charge < -0.3 is 10.4 Å². The van der Waals surface area contributed by atoms with Gasteiger partial charge in [0.15, 0.2) is 17.5 Å². The first-order valence-electron chi connectivity index (χ1n) is 7.07. The van der Waals surface area contributed by atoms with Crippen molar-refractivity contribution in [3.8, 4) is 0 Å². The highest BCUT2D eigenvalue weighted by atomic mass is 19.2. The van der Waals surface area contributed by atoms with Crippen LogP contribution in [0.25, 0.3) is 0 Å². The number of nitrogens with one attached hydrogen (secondary N) is 1. The summed E-state index contributed by atoms with van der Waals surface area (Å²) in [6.07, 6.45) is 0. The first kappa shape index (κ1) is 16.3. The summed E-state index contributed by atoms with van der Waals surface area (Å²) in [4.78, 5) is 2.00. The minimum absolute atomic E-state index is 0.0925. The fraction of sp³-hybridized carbons (Fsp3) is 0.600. The molecule has 1 aliphatic rings. The second-order valence-corrected chi connectivity index (χ2v) is 6.10. The smallest absolute Gasteiger partial charge is 0.194 e. The Morgan fingerprint density at radius 2 is 1.81 bits per heavy atom. The maximum absolute atomic E-state index is 14.2. The van der Waals surface area contributed by atoms with E-state index in [1.165, 1.54) is 6.07 Å². The molecule has 1 fully saturated rings. The first-order valence-corrected chi connectivity index (χ1v) is 7.07. The monoisotopic (exact) mass is 302 g/mol. The van der Waals surface area contributed by atoms with Crippen LogP contribution < -0.4 is 5.32 Å². The molecule has 0 bridgehead atoms. The Bertz CT molecular complexity index is 502. The van der Waals surface area contributed by atoms with Crippen molar-refractivity contribution in [3.05, 3.63) is 35.1 Å². The Morgan fingerprint density at radius 3 is 2.38 bits per heavy atom. The number of hydrogen-bond donors (Lipinski definition) is 2. The topological polar surface area (TPSA) is 35.5 Å². The van der Waals surface area contributed by atoms with E-state index in [0.29, 0.717) is 13.1 Å². The van der Waals surface area contributed by atoms with Gasteiger partial charge in [-0.25, -0.2) is 13.2 Å². The van der Waals surface area contributed by atoms with E-state index >= 15 is 0 Å². The van der Waals surface area contributed by atoms with Crippen molar-refractivity contribution < 1.29 is 18.3 Å². The Hall–Kier alpha value is -1.11. The van der Waals surface area contributed by atoms with Gasteiger partial charge >= 0.3 is 0 Å². The van der Waals surface area contributed by atoms with Crippen molar-refractivity contribution in [2.45, 2.75) is 19.9 Å². The van der Waals surface area contributed by atoms with E-state index in [0.717, 1.165) is 19.2 Å². The third-order valence-electron chi connectivity index (χ3n) is 4.02. The lowest BCUT2D eigenvalue weighted by molar-refractivity contribution is 0.0282. The number of nitrogens with zero attached hydrogens (tertiary/aromatic N) is 1.